The fraction of sp³-hybridized carbons (Fsp3) is 0.143. The van der Waals surface area contributed by atoms with Gasteiger partial charge in [-0.3, -0.25) is 0 Å². The second-order valence-electron chi connectivity index (χ2n) is 2.09. The summed E-state index contributed by atoms with van der Waals surface area (Å²) in [6.07, 6.45) is 3.22. The van der Waals surface area contributed by atoms with E-state index in [1.807, 2.05) is 0 Å². The van der Waals surface area contributed by atoms with Crippen LogP contribution in [-0.4, -0.2) is 11.1 Å². The van der Waals surface area contributed by atoms with Crippen molar-refractivity contribution < 1.29 is 38.4 Å². The Balaban J connectivity index is 0.00000121. The summed E-state index contributed by atoms with van der Waals surface area (Å²) in [6.45, 7) is -0.0550. The summed E-state index contributed by atoms with van der Waals surface area (Å²) in [6, 6.07) is 3.39. The molecule has 0 spiro atoms. The fourth-order valence-corrected chi connectivity index (χ4v) is 0.943. The average molecular weight is 299 g/mol. The van der Waals surface area contributed by atoms with Crippen LogP contribution in [0, 0.1) is 0 Å². The molecule has 1 rings (SSSR count). The number of hydrogen-bond acceptors (Lipinski definition) is 1. The zero-order chi connectivity index (χ0) is 8.27. The Morgan fingerprint density at radius 2 is 2.33 bits per heavy atom. The highest BCUT2D eigenvalue weighted by atomic mass is 127. The van der Waals surface area contributed by atoms with Crippen LogP contribution < -0.4 is 28.5 Å². The van der Waals surface area contributed by atoms with E-state index >= 15 is 0 Å². The minimum Gasteiger partial charge on any atom is -1.00 e. The van der Waals surface area contributed by atoms with E-state index in [0.717, 1.165) is 0 Å². The summed E-state index contributed by atoms with van der Waals surface area (Å²) in [5.41, 5.74) is 0. The fourth-order valence-electron chi connectivity index (χ4n) is 0.745. The van der Waals surface area contributed by atoms with Gasteiger partial charge in [0, 0.05) is 6.07 Å². The van der Waals surface area contributed by atoms with Crippen molar-refractivity contribution in [3.8, 4) is 0 Å². The van der Waals surface area contributed by atoms with Crippen molar-refractivity contribution in [2.24, 2.45) is 0 Å². The van der Waals surface area contributed by atoms with Crippen molar-refractivity contribution in [2.75, 3.05) is 0 Å². The van der Waals surface area contributed by atoms with Crippen molar-refractivity contribution in [1.82, 2.24) is 0 Å². The van der Waals surface area contributed by atoms with Gasteiger partial charge in [0.2, 0.25) is 6.54 Å². The predicted octanol–water partition coefficient (Wildman–Crippen LogP) is -2.28. The molecule has 0 amide bonds. The molecule has 0 aliphatic carbocycles. The van der Waals surface area contributed by atoms with E-state index in [1.54, 1.807) is 24.5 Å². The number of carbonyl (C=O) groups is 1. The molecular weight excluding hydrogens is 292 g/mol. The average Bonchev–Trinajstić information content (AvgIpc) is 1.85. The molecule has 1 heterocycles. The number of carboxylic acid groups (broad SMARTS) is 1. The molecule has 0 saturated heterocycles. The Morgan fingerprint density at radius 3 is 2.83 bits per heavy atom. The minimum absolute atomic E-state index is 0. The SMILES string of the molecule is O=C(O)C[n+]1cccc(Cl)c1.[I-]. The van der Waals surface area contributed by atoms with Gasteiger partial charge in [-0.1, -0.05) is 11.6 Å². The van der Waals surface area contributed by atoms with E-state index in [-0.39, 0.29) is 30.5 Å². The van der Waals surface area contributed by atoms with Crippen molar-refractivity contribution >= 4 is 17.6 Å². The monoisotopic (exact) mass is 299 g/mol. The van der Waals surface area contributed by atoms with Gasteiger partial charge in [0.15, 0.2) is 12.4 Å². The summed E-state index contributed by atoms with van der Waals surface area (Å²) < 4.78 is 1.50. The molecule has 12 heavy (non-hydrogen) atoms. The number of rotatable bonds is 2. The standard InChI is InChI=1S/C7H6ClNO2.HI/c8-6-2-1-3-9(4-6)5-7(10)11;/h1-4H,5H2;1H. The highest BCUT2D eigenvalue weighted by Crippen LogP contribution is 2.00. The first kappa shape index (κ1) is 11.6. The number of carboxylic acids is 1. The maximum Gasteiger partial charge on any atom is 0.370 e. The van der Waals surface area contributed by atoms with E-state index in [9.17, 15) is 4.79 Å². The molecule has 1 aromatic rings. The van der Waals surface area contributed by atoms with Gasteiger partial charge in [-0.25, -0.2) is 4.79 Å². The molecule has 0 aliphatic heterocycles. The van der Waals surface area contributed by atoms with E-state index in [4.69, 9.17) is 16.7 Å². The van der Waals surface area contributed by atoms with Crippen LogP contribution in [-0.2, 0) is 11.3 Å². The van der Waals surface area contributed by atoms with Crippen molar-refractivity contribution in [3.05, 3.63) is 29.5 Å². The highest BCUT2D eigenvalue weighted by Gasteiger charge is 2.05. The minimum atomic E-state index is -0.878. The van der Waals surface area contributed by atoms with Crippen LogP contribution in [0.1, 0.15) is 0 Å². The van der Waals surface area contributed by atoms with E-state index < -0.39 is 5.97 Å². The third kappa shape index (κ3) is 3.87. The second kappa shape index (κ2) is 5.31. The topological polar surface area (TPSA) is 41.2 Å². The first-order valence-electron chi connectivity index (χ1n) is 3.05. The molecular formula is C7H7ClINO2. The third-order valence-corrected chi connectivity index (χ3v) is 1.36. The summed E-state index contributed by atoms with van der Waals surface area (Å²) in [5, 5.41) is 8.93. The largest absolute Gasteiger partial charge is 1.00 e. The maximum atomic E-state index is 10.2. The van der Waals surface area contributed by atoms with E-state index in [0.29, 0.717) is 5.02 Å². The smallest absolute Gasteiger partial charge is 0.370 e. The molecule has 5 heteroatoms. The number of hydrogen-bond donors (Lipinski definition) is 1. The molecule has 0 fully saturated rings. The number of aliphatic carboxylic acids is 1. The van der Waals surface area contributed by atoms with E-state index in [2.05, 4.69) is 0 Å². The summed E-state index contributed by atoms with van der Waals surface area (Å²) in [4.78, 5) is 10.2. The molecule has 0 aliphatic rings. The lowest BCUT2D eigenvalue weighted by Crippen LogP contribution is -3.00. The lowest BCUT2D eigenvalue weighted by Gasteiger charge is -1.90. The molecule has 66 valence electrons. The highest BCUT2D eigenvalue weighted by molar-refractivity contribution is 6.30. The van der Waals surface area contributed by atoms with Gasteiger partial charge in [-0.05, 0) is 6.07 Å². The molecule has 3 nitrogen and oxygen atoms in total. The molecule has 1 N–H and O–H groups in total. The van der Waals surface area contributed by atoms with Gasteiger partial charge in [-0.2, -0.15) is 4.57 Å². The van der Waals surface area contributed by atoms with Crippen LogP contribution in [0.3, 0.4) is 0 Å². The maximum absolute atomic E-state index is 10.2. The first-order chi connectivity index (χ1) is 5.18. The molecule has 0 saturated carbocycles. The summed E-state index contributed by atoms with van der Waals surface area (Å²) in [5.74, 6) is -0.878. The quantitative estimate of drug-likeness (QED) is 0.494. The van der Waals surface area contributed by atoms with Gasteiger partial charge in [0.05, 0.1) is 0 Å². The zero-order valence-electron chi connectivity index (χ0n) is 6.08. The van der Waals surface area contributed by atoms with Gasteiger partial charge in [0.25, 0.3) is 0 Å². The Labute approximate surface area is 92.0 Å². The van der Waals surface area contributed by atoms with Crippen LogP contribution in [0.2, 0.25) is 5.02 Å². The molecule has 0 aromatic carbocycles. The van der Waals surface area contributed by atoms with Gasteiger partial charge >= 0.3 is 5.97 Å². The predicted molar refractivity (Wildman–Crippen MR) is 39.3 cm³/mol. The van der Waals surface area contributed by atoms with Crippen LogP contribution in [0.5, 0.6) is 0 Å². The van der Waals surface area contributed by atoms with Gasteiger partial charge in [0.1, 0.15) is 5.02 Å². The number of nitrogens with zero attached hydrogens (tertiary/aromatic N) is 1. The van der Waals surface area contributed by atoms with Gasteiger partial charge < -0.3 is 29.1 Å². The third-order valence-electron chi connectivity index (χ3n) is 1.14. The summed E-state index contributed by atoms with van der Waals surface area (Å²) in [7, 11) is 0. The lowest BCUT2D eigenvalue weighted by atomic mass is 10.5. The van der Waals surface area contributed by atoms with Crippen molar-refractivity contribution in [3.63, 3.8) is 0 Å². The Hall–Kier alpha value is -0.360. The van der Waals surface area contributed by atoms with Gasteiger partial charge in [-0.15, -0.1) is 0 Å². The Bertz CT molecular complexity index is 280. The molecule has 1 aromatic heterocycles. The molecule has 0 bridgehead atoms. The van der Waals surface area contributed by atoms with Crippen LogP contribution in [0.4, 0.5) is 0 Å². The Kier molecular flexibility index (Phi) is 5.16. The van der Waals surface area contributed by atoms with Crippen molar-refractivity contribution in [2.45, 2.75) is 6.54 Å². The lowest BCUT2D eigenvalue weighted by molar-refractivity contribution is -0.685. The van der Waals surface area contributed by atoms with Crippen LogP contribution >= 0.6 is 11.6 Å². The molecule has 0 unspecified atom stereocenters. The first-order valence-corrected chi connectivity index (χ1v) is 3.42. The summed E-state index contributed by atoms with van der Waals surface area (Å²) >= 11 is 5.61. The van der Waals surface area contributed by atoms with Crippen LogP contribution in [0.25, 0.3) is 0 Å². The van der Waals surface area contributed by atoms with Crippen LogP contribution in [0.15, 0.2) is 24.5 Å². The zero-order valence-corrected chi connectivity index (χ0v) is 8.99. The Morgan fingerprint density at radius 1 is 1.67 bits per heavy atom. The van der Waals surface area contributed by atoms with E-state index in [1.165, 1.54) is 4.57 Å². The number of halogens is 2. The van der Waals surface area contributed by atoms with Crippen molar-refractivity contribution in [1.29, 1.82) is 0 Å². The normalized spacial score (nSPS) is 8.75. The molecule has 0 radical (unpaired) electrons. The number of pyridine rings is 1. The number of aromatic nitrogens is 1. The molecule has 0 atom stereocenters. The second-order valence-corrected chi connectivity index (χ2v) is 2.52.